The number of amides is 2. The van der Waals surface area contributed by atoms with E-state index in [1.165, 1.54) is 21.8 Å². The van der Waals surface area contributed by atoms with Crippen LogP contribution in [-0.4, -0.2) is 77.8 Å². The molecule has 1 aliphatic rings. The molecule has 2 amide bonds. The van der Waals surface area contributed by atoms with Crippen molar-refractivity contribution in [2.24, 2.45) is 0 Å². The second-order valence-electron chi connectivity index (χ2n) is 9.65. The Balaban J connectivity index is 0.00000441. The molecule has 0 radical (unpaired) electrons. The standard InChI is InChI=1S/C27H34F3N7O2.ClH/c1-4-31-7-8-32-26(38)16-35(24-11-23-21(9-18(24)2)12-36(33-23)15-25(29)30)17-27(39)34(3)37-13-19-5-6-22(28)10-20(19)14-37;/h5-6,9-12,25,31H,4,7-8,13-17H2,1-3H3,(H,32,38);1H. The van der Waals surface area contributed by atoms with Crippen LogP contribution in [0.3, 0.4) is 0 Å². The predicted octanol–water partition coefficient (Wildman–Crippen LogP) is 3.09. The van der Waals surface area contributed by atoms with Crippen LogP contribution in [0.4, 0.5) is 18.9 Å². The van der Waals surface area contributed by atoms with Crippen molar-refractivity contribution in [3.8, 4) is 0 Å². The Morgan fingerprint density at radius 1 is 1.10 bits per heavy atom. The average Bonchev–Trinajstić information content (AvgIpc) is 3.47. The first kappa shape index (κ1) is 31.2. The van der Waals surface area contributed by atoms with Gasteiger partial charge in [-0.2, -0.15) is 5.10 Å². The van der Waals surface area contributed by atoms with Crippen LogP contribution in [0.2, 0.25) is 0 Å². The first-order valence-corrected chi connectivity index (χ1v) is 12.9. The molecule has 0 fully saturated rings. The lowest BCUT2D eigenvalue weighted by Crippen LogP contribution is -2.48. The van der Waals surface area contributed by atoms with Gasteiger partial charge in [0.1, 0.15) is 12.4 Å². The number of hydrazine groups is 1. The van der Waals surface area contributed by atoms with E-state index < -0.39 is 13.0 Å². The molecule has 0 bridgehead atoms. The Labute approximate surface area is 237 Å². The number of carbonyl (C=O) groups is 2. The summed E-state index contributed by atoms with van der Waals surface area (Å²) in [5.74, 6) is -0.834. The predicted molar refractivity (Wildman–Crippen MR) is 150 cm³/mol. The highest BCUT2D eigenvalue weighted by Gasteiger charge is 2.27. The van der Waals surface area contributed by atoms with Gasteiger partial charge in [0.05, 0.1) is 18.6 Å². The number of hydrogen-bond acceptors (Lipinski definition) is 6. The quantitative estimate of drug-likeness (QED) is 0.320. The van der Waals surface area contributed by atoms with E-state index in [1.54, 1.807) is 30.3 Å². The number of rotatable bonds is 12. The lowest BCUT2D eigenvalue weighted by atomic mass is 10.1. The van der Waals surface area contributed by atoms with Crippen molar-refractivity contribution in [1.82, 2.24) is 30.4 Å². The smallest absolute Gasteiger partial charge is 0.257 e. The lowest BCUT2D eigenvalue weighted by molar-refractivity contribution is -0.145. The molecule has 0 saturated carbocycles. The number of fused-ring (bicyclic) bond motifs is 2. The molecule has 0 spiro atoms. The van der Waals surface area contributed by atoms with Gasteiger partial charge in [0.15, 0.2) is 0 Å². The molecular formula is C27H35ClF3N7O2. The zero-order chi connectivity index (χ0) is 28.1. The van der Waals surface area contributed by atoms with E-state index in [1.807, 2.05) is 24.9 Å². The van der Waals surface area contributed by atoms with Crippen LogP contribution in [0.5, 0.6) is 0 Å². The third-order valence-corrected chi connectivity index (χ3v) is 6.73. The minimum absolute atomic E-state index is 0. The zero-order valence-electron chi connectivity index (χ0n) is 22.8. The van der Waals surface area contributed by atoms with E-state index >= 15 is 0 Å². The maximum absolute atomic E-state index is 13.7. The summed E-state index contributed by atoms with van der Waals surface area (Å²) in [6, 6.07) is 8.14. The molecule has 2 heterocycles. The topological polar surface area (TPSA) is 85.7 Å². The summed E-state index contributed by atoms with van der Waals surface area (Å²) in [6.45, 7) is 5.81. The number of halogens is 4. The van der Waals surface area contributed by atoms with Crippen molar-refractivity contribution < 1.29 is 22.8 Å². The molecule has 13 heteroatoms. The Kier molecular flexibility index (Phi) is 10.8. The highest BCUT2D eigenvalue weighted by Crippen LogP contribution is 2.28. The van der Waals surface area contributed by atoms with Gasteiger partial charge in [-0.3, -0.25) is 19.3 Å². The third kappa shape index (κ3) is 7.64. The number of nitrogens with one attached hydrogen (secondary N) is 2. The van der Waals surface area contributed by atoms with E-state index in [0.717, 1.165) is 23.2 Å². The first-order valence-electron chi connectivity index (χ1n) is 12.9. The summed E-state index contributed by atoms with van der Waals surface area (Å²) in [5, 5.41) is 14.3. The fourth-order valence-corrected chi connectivity index (χ4v) is 4.70. The van der Waals surface area contributed by atoms with E-state index in [2.05, 4.69) is 15.7 Å². The van der Waals surface area contributed by atoms with Crippen LogP contribution in [0.25, 0.3) is 10.9 Å². The number of carbonyl (C=O) groups excluding carboxylic acids is 2. The number of anilines is 1. The van der Waals surface area contributed by atoms with Gasteiger partial charge in [-0.15, -0.1) is 12.4 Å². The lowest BCUT2D eigenvalue weighted by Gasteiger charge is -2.32. The minimum Gasteiger partial charge on any atom is -0.353 e. The second-order valence-corrected chi connectivity index (χ2v) is 9.65. The summed E-state index contributed by atoms with van der Waals surface area (Å²) < 4.78 is 40.7. The van der Waals surface area contributed by atoms with Gasteiger partial charge in [-0.25, -0.2) is 18.2 Å². The van der Waals surface area contributed by atoms with Gasteiger partial charge in [0, 0.05) is 50.5 Å². The molecule has 218 valence electrons. The molecule has 0 unspecified atom stereocenters. The number of benzene rings is 2. The molecular weight excluding hydrogens is 547 g/mol. The van der Waals surface area contributed by atoms with Crippen molar-refractivity contribution in [3.05, 3.63) is 59.0 Å². The largest absolute Gasteiger partial charge is 0.353 e. The molecule has 0 saturated heterocycles. The van der Waals surface area contributed by atoms with E-state index in [-0.39, 0.29) is 43.1 Å². The van der Waals surface area contributed by atoms with Crippen LogP contribution in [0.1, 0.15) is 23.6 Å². The highest BCUT2D eigenvalue weighted by atomic mass is 35.5. The molecule has 9 nitrogen and oxygen atoms in total. The Morgan fingerprint density at radius 3 is 2.58 bits per heavy atom. The second kappa shape index (κ2) is 13.8. The van der Waals surface area contributed by atoms with Gasteiger partial charge in [-0.1, -0.05) is 13.0 Å². The molecule has 0 aliphatic carbocycles. The van der Waals surface area contributed by atoms with Crippen molar-refractivity contribution in [3.63, 3.8) is 0 Å². The molecule has 40 heavy (non-hydrogen) atoms. The Morgan fingerprint density at radius 2 is 1.85 bits per heavy atom. The van der Waals surface area contributed by atoms with Crippen LogP contribution in [-0.2, 0) is 29.2 Å². The molecule has 3 aromatic rings. The number of likely N-dealkylation sites (N-methyl/N-ethyl adjacent to an activating group) is 2. The SMILES string of the molecule is CCNCCNC(=O)CN(CC(=O)N(C)N1Cc2ccc(F)cc2C1)c1cc2nn(CC(F)F)cc2cc1C.Cl. The summed E-state index contributed by atoms with van der Waals surface area (Å²) >= 11 is 0. The van der Waals surface area contributed by atoms with Crippen molar-refractivity contribution >= 4 is 40.8 Å². The maximum Gasteiger partial charge on any atom is 0.257 e. The van der Waals surface area contributed by atoms with Crippen LogP contribution in [0, 0.1) is 12.7 Å². The van der Waals surface area contributed by atoms with E-state index in [4.69, 9.17) is 0 Å². The molecule has 1 aromatic heterocycles. The summed E-state index contributed by atoms with van der Waals surface area (Å²) in [7, 11) is 1.65. The van der Waals surface area contributed by atoms with E-state index in [0.29, 0.717) is 42.8 Å². The summed E-state index contributed by atoms with van der Waals surface area (Å²) in [6.07, 6.45) is -0.980. The van der Waals surface area contributed by atoms with Crippen LogP contribution >= 0.6 is 12.4 Å². The third-order valence-electron chi connectivity index (χ3n) is 6.73. The first-order chi connectivity index (χ1) is 18.6. The maximum atomic E-state index is 13.7. The van der Waals surface area contributed by atoms with Crippen molar-refractivity contribution in [2.45, 2.75) is 39.9 Å². The van der Waals surface area contributed by atoms with Crippen molar-refractivity contribution in [2.75, 3.05) is 44.7 Å². The highest BCUT2D eigenvalue weighted by molar-refractivity contribution is 5.90. The number of hydrogen-bond donors (Lipinski definition) is 2. The number of aromatic nitrogens is 2. The number of alkyl halides is 2. The Hall–Kier alpha value is -3.35. The van der Waals surface area contributed by atoms with Gasteiger partial charge >= 0.3 is 0 Å². The molecule has 2 N–H and O–H groups in total. The molecule has 0 atom stereocenters. The number of nitrogens with zero attached hydrogens (tertiary/aromatic N) is 5. The summed E-state index contributed by atoms with van der Waals surface area (Å²) in [4.78, 5) is 27.9. The monoisotopic (exact) mass is 581 g/mol. The fraction of sp³-hybridized carbons (Fsp3) is 0.444. The Bertz CT molecular complexity index is 1340. The van der Waals surface area contributed by atoms with Gasteiger partial charge in [0.25, 0.3) is 12.3 Å². The van der Waals surface area contributed by atoms with Gasteiger partial charge in [-0.05, 0) is 54.4 Å². The molecule has 2 aromatic carbocycles. The average molecular weight is 582 g/mol. The number of aryl methyl sites for hydroxylation is 1. The van der Waals surface area contributed by atoms with Crippen LogP contribution < -0.4 is 15.5 Å². The van der Waals surface area contributed by atoms with Gasteiger partial charge < -0.3 is 15.5 Å². The van der Waals surface area contributed by atoms with Gasteiger partial charge in [0.2, 0.25) is 5.91 Å². The van der Waals surface area contributed by atoms with E-state index in [9.17, 15) is 22.8 Å². The molecule has 4 rings (SSSR count). The fourth-order valence-electron chi connectivity index (χ4n) is 4.70. The van der Waals surface area contributed by atoms with Crippen LogP contribution in [0.15, 0.2) is 36.5 Å². The normalized spacial score (nSPS) is 12.9. The summed E-state index contributed by atoms with van der Waals surface area (Å²) in [5.41, 5.74) is 3.66. The van der Waals surface area contributed by atoms with Crippen molar-refractivity contribution in [1.29, 1.82) is 0 Å². The minimum atomic E-state index is -2.54. The zero-order valence-corrected chi connectivity index (χ0v) is 23.6. The molecule has 1 aliphatic heterocycles.